The van der Waals surface area contributed by atoms with Crippen molar-refractivity contribution in [1.29, 1.82) is 0 Å². The summed E-state index contributed by atoms with van der Waals surface area (Å²) < 4.78 is 0. The van der Waals surface area contributed by atoms with E-state index in [1.54, 1.807) is 0 Å². The minimum atomic E-state index is -0.0451. The van der Waals surface area contributed by atoms with Gasteiger partial charge in [-0.25, -0.2) is 0 Å². The summed E-state index contributed by atoms with van der Waals surface area (Å²) in [5, 5.41) is 6.28. The second-order valence-electron chi connectivity index (χ2n) is 3.92. The van der Waals surface area contributed by atoms with Crippen LogP contribution in [-0.2, 0) is 4.79 Å². The van der Waals surface area contributed by atoms with E-state index in [-0.39, 0.29) is 11.3 Å². The van der Waals surface area contributed by atoms with Gasteiger partial charge in [0.1, 0.15) is 0 Å². The molecule has 0 bridgehead atoms. The summed E-state index contributed by atoms with van der Waals surface area (Å²) in [7, 11) is 0. The summed E-state index contributed by atoms with van der Waals surface area (Å²) in [6.45, 7) is 2.84. The van der Waals surface area contributed by atoms with Crippen molar-refractivity contribution in [2.75, 3.05) is 19.6 Å². The normalized spacial score (nSPS) is 36.5. The molecule has 0 radical (unpaired) electrons. The first-order chi connectivity index (χ1) is 5.83. The maximum absolute atomic E-state index is 11.6. The number of carbonyl (C=O) groups excluding carboxylic acids is 1. The van der Waals surface area contributed by atoms with Crippen LogP contribution in [0.4, 0.5) is 0 Å². The van der Waals surface area contributed by atoms with Crippen LogP contribution >= 0.6 is 0 Å². The molecule has 1 atom stereocenters. The lowest BCUT2D eigenvalue weighted by atomic mass is 9.74. The molecule has 1 amide bonds. The van der Waals surface area contributed by atoms with E-state index in [4.69, 9.17) is 0 Å². The third kappa shape index (κ3) is 1.22. The van der Waals surface area contributed by atoms with E-state index < -0.39 is 0 Å². The lowest BCUT2D eigenvalue weighted by Gasteiger charge is -2.39. The van der Waals surface area contributed by atoms with Gasteiger partial charge in [0.15, 0.2) is 0 Å². The van der Waals surface area contributed by atoms with E-state index in [1.165, 1.54) is 0 Å². The highest BCUT2D eigenvalue weighted by molar-refractivity contribution is 5.83. The molecule has 68 valence electrons. The van der Waals surface area contributed by atoms with Crippen molar-refractivity contribution >= 4 is 5.91 Å². The monoisotopic (exact) mass is 168 g/mol. The Kier molecular flexibility index (Phi) is 2.05. The van der Waals surface area contributed by atoms with E-state index in [0.717, 1.165) is 45.3 Å². The molecule has 2 N–H and O–H groups in total. The molecule has 0 aromatic carbocycles. The van der Waals surface area contributed by atoms with Crippen LogP contribution in [0.2, 0.25) is 0 Å². The highest BCUT2D eigenvalue weighted by atomic mass is 16.2. The fraction of sp³-hybridized carbons (Fsp3) is 0.889. The predicted molar refractivity (Wildman–Crippen MR) is 46.8 cm³/mol. The summed E-state index contributed by atoms with van der Waals surface area (Å²) in [6.07, 6.45) is 4.44. The zero-order chi connectivity index (χ0) is 8.44. The quantitative estimate of drug-likeness (QED) is 0.545. The van der Waals surface area contributed by atoms with Gasteiger partial charge in [-0.05, 0) is 32.2 Å². The first-order valence-electron chi connectivity index (χ1n) is 4.83. The Labute approximate surface area is 72.9 Å². The Morgan fingerprint density at radius 2 is 1.92 bits per heavy atom. The smallest absolute Gasteiger partial charge is 0.227 e. The summed E-state index contributed by atoms with van der Waals surface area (Å²) in [5.41, 5.74) is -0.0451. The van der Waals surface area contributed by atoms with Crippen LogP contribution in [0.25, 0.3) is 0 Å². The Morgan fingerprint density at radius 3 is 2.58 bits per heavy atom. The number of hydrogen-bond donors (Lipinski definition) is 2. The summed E-state index contributed by atoms with van der Waals surface area (Å²) >= 11 is 0. The first kappa shape index (κ1) is 8.05. The maximum Gasteiger partial charge on any atom is 0.227 e. The van der Waals surface area contributed by atoms with Gasteiger partial charge in [0.25, 0.3) is 0 Å². The molecule has 3 heteroatoms. The highest BCUT2D eigenvalue weighted by Crippen LogP contribution is 2.33. The van der Waals surface area contributed by atoms with Crippen molar-refractivity contribution in [1.82, 2.24) is 10.6 Å². The zero-order valence-corrected chi connectivity index (χ0v) is 7.36. The van der Waals surface area contributed by atoms with Crippen LogP contribution in [0, 0.1) is 5.41 Å². The van der Waals surface area contributed by atoms with Crippen molar-refractivity contribution in [2.45, 2.75) is 25.7 Å². The van der Waals surface area contributed by atoms with Crippen LogP contribution in [0.5, 0.6) is 0 Å². The van der Waals surface area contributed by atoms with Gasteiger partial charge in [-0.1, -0.05) is 0 Å². The SMILES string of the molecule is O=C1NCCC[C@@]12CCCNC2. The fourth-order valence-corrected chi connectivity index (χ4v) is 2.30. The van der Waals surface area contributed by atoms with E-state index in [2.05, 4.69) is 10.6 Å². The van der Waals surface area contributed by atoms with Crippen molar-refractivity contribution < 1.29 is 4.79 Å². The molecule has 2 saturated heterocycles. The van der Waals surface area contributed by atoms with Crippen molar-refractivity contribution in [2.24, 2.45) is 5.41 Å². The zero-order valence-electron chi connectivity index (χ0n) is 7.36. The van der Waals surface area contributed by atoms with E-state index >= 15 is 0 Å². The number of rotatable bonds is 0. The van der Waals surface area contributed by atoms with E-state index in [0.29, 0.717) is 0 Å². The van der Waals surface area contributed by atoms with Gasteiger partial charge in [-0.3, -0.25) is 4.79 Å². The van der Waals surface area contributed by atoms with Gasteiger partial charge in [-0.2, -0.15) is 0 Å². The van der Waals surface area contributed by atoms with Crippen molar-refractivity contribution in [3.8, 4) is 0 Å². The molecule has 12 heavy (non-hydrogen) atoms. The molecule has 0 aliphatic carbocycles. The number of hydrogen-bond acceptors (Lipinski definition) is 2. The first-order valence-corrected chi connectivity index (χ1v) is 4.83. The molecule has 2 fully saturated rings. The Morgan fingerprint density at radius 1 is 1.17 bits per heavy atom. The summed E-state index contributed by atoms with van der Waals surface area (Å²) in [4.78, 5) is 11.6. The van der Waals surface area contributed by atoms with Crippen LogP contribution in [0.3, 0.4) is 0 Å². The minimum Gasteiger partial charge on any atom is -0.356 e. The molecular formula is C9H16N2O. The van der Waals surface area contributed by atoms with Crippen LogP contribution in [0.15, 0.2) is 0 Å². The van der Waals surface area contributed by atoms with Gasteiger partial charge < -0.3 is 10.6 Å². The van der Waals surface area contributed by atoms with Gasteiger partial charge in [0.2, 0.25) is 5.91 Å². The second kappa shape index (κ2) is 3.05. The van der Waals surface area contributed by atoms with E-state index in [9.17, 15) is 4.79 Å². The molecule has 0 aromatic rings. The average Bonchev–Trinajstić information content (AvgIpc) is 2.12. The van der Waals surface area contributed by atoms with E-state index in [1.807, 2.05) is 0 Å². The Balaban J connectivity index is 2.09. The largest absolute Gasteiger partial charge is 0.356 e. The Hall–Kier alpha value is -0.570. The van der Waals surface area contributed by atoms with Crippen LogP contribution in [0.1, 0.15) is 25.7 Å². The fourth-order valence-electron chi connectivity index (χ4n) is 2.30. The number of nitrogens with one attached hydrogen (secondary N) is 2. The van der Waals surface area contributed by atoms with Gasteiger partial charge in [0.05, 0.1) is 5.41 Å². The third-order valence-corrected chi connectivity index (χ3v) is 3.07. The van der Waals surface area contributed by atoms with Gasteiger partial charge in [0, 0.05) is 13.1 Å². The van der Waals surface area contributed by atoms with Crippen molar-refractivity contribution in [3.63, 3.8) is 0 Å². The Bertz CT molecular complexity index is 177. The van der Waals surface area contributed by atoms with Crippen LogP contribution in [-0.4, -0.2) is 25.5 Å². The molecule has 3 nitrogen and oxygen atoms in total. The standard InChI is InChI=1S/C9H16N2O/c12-8-9(4-2-6-11-8)3-1-5-10-7-9/h10H,1-7H2,(H,11,12)/t9-/m1/s1. The molecule has 2 aliphatic heterocycles. The molecule has 0 unspecified atom stereocenters. The van der Waals surface area contributed by atoms with Crippen molar-refractivity contribution in [3.05, 3.63) is 0 Å². The molecular weight excluding hydrogens is 152 g/mol. The topological polar surface area (TPSA) is 41.1 Å². The molecule has 2 aliphatic rings. The lowest BCUT2D eigenvalue weighted by Crippen LogP contribution is -2.53. The molecule has 1 spiro atoms. The van der Waals surface area contributed by atoms with Gasteiger partial charge in [-0.15, -0.1) is 0 Å². The highest BCUT2D eigenvalue weighted by Gasteiger charge is 2.40. The molecule has 2 rings (SSSR count). The summed E-state index contributed by atoms with van der Waals surface area (Å²) in [6, 6.07) is 0. The lowest BCUT2D eigenvalue weighted by molar-refractivity contribution is -0.134. The van der Waals surface area contributed by atoms with Crippen LogP contribution < -0.4 is 10.6 Å². The second-order valence-corrected chi connectivity index (χ2v) is 3.92. The predicted octanol–water partition coefficient (Wildman–Crippen LogP) is 0.266. The molecule has 0 saturated carbocycles. The maximum atomic E-state index is 11.6. The number of amides is 1. The number of carbonyl (C=O) groups is 1. The molecule has 0 aromatic heterocycles. The average molecular weight is 168 g/mol. The minimum absolute atomic E-state index is 0.0451. The third-order valence-electron chi connectivity index (χ3n) is 3.07. The summed E-state index contributed by atoms with van der Waals surface area (Å²) in [5.74, 6) is 0.279. The number of piperidine rings is 2. The van der Waals surface area contributed by atoms with Gasteiger partial charge >= 0.3 is 0 Å². The molecule has 2 heterocycles.